The third kappa shape index (κ3) is 1.74. The second-order valence-electron chi connectivity index (χ2n) is 4.92. The zero-order valence-electron chi connectivity index (χ0n) is 11.5. The molecule has 0 aromatic heterocycles. The van der Waals surface area contributed by atoms with Crippen molar-refractivity contribution in [1.82, 2.24) is 4.90 Å². The summed E-state index contributed by atoms with van der Waals surface area (Å²) in [6.07, 6.45) is 5.66. The molecule has 1 aromatic rings. The molecule has 0 fully saturated rings. The van der Waals surface area contributed by atoms with Gasteiger partial charge in [0.05, 0.1) is 5.57 Å². The number of nitrogens with zero attached hydrogens (tertiary/aromatic N) is 1. The molecule has 2 aliphatic rings. The molecule has 0 saturated heterocycles. The summed E-state index contributed by atoms with van der Waals surface area (Å²) in [6.45, 7) is 4.90. The molecule has 0 amide bonds. The van der Waals surface area contributed by atoms with E-state index in [2.05, 4.69) is 11.8 Å². The largest absolute Gasteiger partial charge is 0.352 e. The van der Waals surface area contributed by atoms with Crippen LogP contribution in [-0.4, -0.2) is 23.0 Å². The van der Waals surface area contributed by atoms with Crippen LogP contribution < -0.4 is 0 Å². The number of allylic oxidation sites excluding steroid dienone is 5. The quantitative estimate of drug-likeness (QED) is 0.578. The van der Waals surface area contributed by atoms with Gasteiger partial charge in [-0.1, -0.05) is 24.3 Å². The van der Waals surface area contributed by atoms with Crippen molar-refractivity contribution in [3.8, 4) is 0 Å². The highest BCUT2D eigenvalue weighted by Crippen LogP contribution is 2.31. The summed E-state index contributed by atoms with van der Waals surface area (Å²) in [5.41, 5.74) is 3.06. The van der Waals surface area contributed by atoms with Crippen molar-refractivity contribution in [2.45, 2.75) is 13.8 Å². The minimum atomic E-state index is -0.167. The number of Topliss-reactive ketones (excluding diaryl/α,β-unsaturated/α-hetero) is 2. The third-order valence-corrected chi connectivity index (χ3v) is 3.75. The van der Waals surface area contributed by atoms with Crippen molar-refractivity contribution < 1.29 is 9.59 Å². The first-order chi connectivity index (χ1) is 9.63. The van der Waals surface area contributed by atoms with Crippen LogP contribution in [0.15, 0.2) is 59.5 Å². The standard InChI is InChI=1S/C17H15NO2/c1-3-18-9-8-12(10-11(18)2)15-16(19)13-6-4-5-7-14(13)17(15)20/h4-10H,3H2,1-2H3. The number of benzene rings is 1. The van der Waals surface area contributed by atoms with Crippen molar-refractivity contribution in [1.29, 1.82) is 0 Å². The lowest BCUT2D eigenvalue weighted by Crippen LogP contribution is -2.17. The van der Waals surface area contributed by atoms with E-state index in [-0.39, 0.29) is 17.1 Å². The first kappa shape index (κ1) is 12.6. The zero-order chi connectivity index (χ0) is 14.3. The zero-order valence-corrected chi connectivity index (χ0v) is 11.5. The molecule has 0 N–H and O–H groups in total. The molecule has 0 radical (unpaired) electrons. The fourth-order valence-corrected chi connectivity index (χ4v) is 2.67. The molecule has 1 aliphatic heterocycles. The molecule has 0 saturated carbocycles. The van der Waals surface area contributed by atoms with Crippen molar-refractivity contribution in [2.24, 2.45) is 0 Å². The second-order valence-corrected chi connectivity index (χ2v) is 4.92. The van der Waals surface area contributed by atoms with Gasteiger partial charge in [0.2, 0.25) is 0 Å². The van der Waals surface area contributed by atoms with Crippen molar-refractivity contribution in [3.05, 3.63) is 70.6 Å². The summed E-state index contributed by atoms with van der Waals surface area (Å²) in [5, 5.41) is 0. The first-order valence-electron chi connectivity index (χ1n) is 6.69. The van der Waals surface area contributed by atoms with Gasteiger partial charge in [-0.15, -0.1) is 0 Å². The molecule has 0 spiro atoms. The molecular formula is C17H15NO2. The summed E-state index contributed by atoms with van der Waals surface area (Å²) >= 11 is 0. The molecule has 100 valence electrons. The highest BCUT2D eigenvalue weighted by Gasteiger charge is 2.34. The van der Waals surface area contributed by atoms with Gasteiger partial charge in [-0.2, -0.15) is 0 Å². The van der Waals surface area contributed by atoms with Crippen LogP contribution in [0.3, 0.4) is 0 Å². The summed E-state index contributed by atoms with van der Waals surface area (Å²) < 4.78 is 0. The van der Waals surface area contributed by atoms with Crippen molar-refractivity contribution >= 4 is 11.6 Å². The summed E-state index contributed by atoms with van der Waals surface area (Å²) in [6, 6.07) is 7.00. The Bertz CT molecular complexity index is 670. The van der Waals surface area contributed by atoms with E-state index < -0.39 is 0 Å². The Hall–Kier alpha value is -2.42. The van der Waals surface area contributed by atoms with Gasteiger partial charge in [-0.25, -0.2) is 0 Å². The maximum Gasteiger partial charge on any atom is 0.198 e. The Balaban J connectivity index is 2.12. The Morgan fingerprint density at radius 3 is 2.15 bits per heavy atom. The highest BCUT2D eigenvalue weighted by molar-refractivity contribution is 6.40. The third-order valence-electron chi connectivity index (χ3n) is 3.75. The number of hydrogen-bond donors (Lipinski definition) is 0. The van der Waals surface area contributed by atoms with Crippen molar-refractivity contribution in [3.63, 3.8) is 0 Å². The maximum atomic E-state index is 12.4. The summed E-state index contributed by atoms with van der Waals surface area (Å²) in [4.78, 5) is 26.9. The van der Waals surface area contributed by atoms with Crippen LogP contribution in [0, 0.1) is 0 Å². The monoisotopic (exact) mass is 265 g/mol. The fraction of sp³-hybridized carbons (Fsp3) is 0.176. The van der Waals surface area contributed by atoms with Crippen LogP contribution in [0.5, 0.6) is 0 Å². The van der Waals surface area contributed by atoms with Crippen LogP contribution in [0.4, 0.5) is 0 Å². The lowest BCUT2D eigenvalue weighted by atomic mass is 10.0. The minimum absolute atomic E-state index is 0.167. The number of ketones is 2. The van der Waals surface area contributed by atoms with Gasteiger partial charge in [0.25, 0.3) is 0 Å². The molecule has 3 rings (SSSR count). The Morgan fingerprint density at radius 2 is 1.65 bits per heavy atom. The van der Waals surface area contributed by atoms with Gasteiger partial charge < -0.3 is 4.90 Å². The number of carbonyl (C=O) groups is 2. The van der Waals surface area contributed by atoms with Crippen LogP contribution in [0.1, 0.15) is 34.6 Å². The van der Waals surface area contributed by atoms with Gasteiger partial charge in [-0.3, -0.25) is 9.59 Å². The number of carbonyl (C=O) groups excluding carboxylic acids is 2. The van der Waals surface area contributed by atoms with E-state index in [0.717, 1.165) is 12.2 Å². The average molecular weight is 265 g/mol. The van der Waals surface area contributed by atoms with Crippen LogP contribution >= 0.6 is 0 Å². The van der Waals surface area contributed by atoms with Gasteiger partial charge >= 0.3 is 0 Å². The van der Waals surface area contributed by atoms with E-state index in [1.165, 1.54) is 0 Å². The van der Waals surface area contributed by atoms with Crippen molar-refractivity contribution in [2.75, 3.05) is 6.54 Å². The number of fused-ring (bicyclic) bond motifs is 1. The van der Waals surface area contributed by atoms with Crippen LogP contribution in [0.25, 0.3) is 0 Å². The highest BCUT2D eigenvalue weighted by atomic mass is 16.2. The lowest BCUT2D eigenvalue weighted by molar-refractivity contribution is 0.0988. The smallest absolute Gasteiger partial charge is 0.198 e. The maximum absolute atomic E-state index is 12.4. The van der Waals surface area contributed by atoms with E-state index in [4.69, 9.17) is 0 Å². The molecule has 0 unspecified atom stereocenters. The van der Waals surface area contributed by atoms with Gasteiger partial charge in [0.15, 0.2) is 11.6 Å². The number of hydrogen-bond acceptors (Lipinski definition) is 3. The molecule has 0 atom stereocenters. The van der Waals surface area contributed by atoms with Gasteiger partial charge in [-0.05, 0) is 31.6 Å². The fourth-order valence-electron chi connectivity index (χ4n) is 2.67. The molecule has 1 aromatic carbocycles. The predicted octanol–water partition coefficient (Wildman–Crippen LogP) is 3.12. The van der Waals surface area contributed by atoms with Crippen LogP contribution in [0.2, 0.25) is 0 Å². The Kier molecular flexibility index (Phi) is 2.90. The lowest BCUT2D eigenvalue weighted by Gasteiger charge is -2.23. The second kappa shape index (κ2) is 4.60. The number of rotatable bonds is 1. The van der Waals surface area contributed by atoms with Gasteiger partial charge in [0.1, 0.15) is 0 Å². The first-order valence-corrected chi connectivity index (χ1v) is 6.69. The Labute approximate surface area is 117 Å². The average Bonchev–Trinajstić information content (AvgIpc) is 2.71. The van der Waals surface area contributed by atoms with E-state index in [1.807, 2.05) is 25.3 Å². The molecule has 0 bridgehead atoms. The molecule has 20 heavy (non-hydrogen) atoms. The van der Waals surface area contributed by atoms with E-state index in [1.54, 1.807) is 24.3 Å². The summed E-state index contributed by atoms with van der Waals surface area (Å²) in [7, 11) is 0. The SMILES string of the molecule is CCN1C=CC(=C2C(=O)c3ccccc3C2=O)C=C1C. The minimum Gasteiger partial charge on any atom is -0.352 e. The van der Waals surface area contributed by atoms with E-state index in [9.17, 15) is 9.59 Å². The molecule has 3 nitrogen and oxygen atoms in total. The molecule has 1 aliphatic carbocycles. The van der Waals surface area contributed by atoms with E-state index >= 15 is 0 Å². The molecular weight excluding hydrogens is 250 g/mol. The topological polar surface area (TPSA) is 37.4 Å². The Morgan fingerprint density at radius 1 is 1.05 bits per heavy atom. The molecule has 3 heteroatoms. The summed E-state index contributed by atoms with van der Waals surface area (Å²) in [5.74, 6) is -0.335. The van der Waals surface area contributed by atoms with E-state index in [0.29, 0.717) is 16.7 Å². The van der Waals surface area contributed by atoms with Gasteiger partial charge in [0, 0.05) is 29.6 Å². The normalized spacial score (nSPS) is 17.7. The molecule has 1 heterocycles. The van der Waals surface area contributed by atoms with Crippen LogP contribution in [-0.2, 0) is 0 Å². The predicted molar refractivity (Wildman–Crippen MR) is 77.4 cm³/mol.